The summed E-state index contributed by atoms with van der Waals surface area (Å²) in [7, 11) is -3.22. The van der Waals surface area contributed by atoms with E-state index in [1.165, 1.54) is 0 Å². The summed E-state index contributed by atoms with van der Waals surface area (Å²) in [4.78, 5) is 12.5. The van der Waals surface area contributed by atoms with Crippen molar-refractivity contribution < 1.29 is 13.2 Å². The molecule has 0 amide bonds. The maximum absolute atomic E-state index is 12.5. The Hall–Kier alpha value is -2.24. The molecule has 0 spiro atoms. The first-order valence-electron chi connectivity index (χ1n) is 6.77. The first kappa shape index (κ1) is 16.1. The van der Waals surface area contributed by atoms with Crippen LogP contribution in [0.25, 0.3) is 6.08 Å². The van der Waals surface area contributed by atoms with Crippen LogP contribution in [0.2, 0.25) is 0 Å². The van der Waals surface area contributed by atoms with Gasteiger partial charge in [0.15, 0.2) is 5.78 Å². The maximum Gasteiger partial charge on any atom is 0.208 e. The lowest BCUT2D eigenvalue weighted by Crippen LogP contribution is -2.21. The van der Waals surface area contributed by atoms with Crippen LogP contribution in [-0.2, 0) is 10.0 Å². The van der Waals surface area contributed by atoms with Crippen molar-refractivity contribution >= 4 is 21.9 Å². The first-order valence-corrected chi connectivity index (χ1v) is 8.66. The first-order chi connectivity index (χ1) is 10.5. The van der Waals surface area contributed by atoms with Crippen LogP contribution in [0.3, 0.4) is 0 Å². The van der Waals surface area contributed by atoms with Gasteiger partial charge in [-0.3, -0.25) is 4.79 Å². The van der Waals surface area contributed by atoms with E-state index in [0.29, 0.717) is 11.1 Å². The highest BCUT2D eigenvalue weighted by Gasteiger charge is 2.11. The quantitative estimate of drug-likeness (QED) is 0.833. The van der Waals surface area contributed by atoms with Gasteiger partial charge in [0.25, 0.3) is 0 Å². The molecular formula is C17H17NO3S. The highest BCUT2D eigenvalue weighted by atomic mass is 32.2. The van der Waals surface area contributed by atoms with Crippen molar-refractivity contribution in [3.63, 3.8) is 0 Å². The van der Waals surface area contributed by atoms with E-state index < -0.39 is 10.0 Å². The molecule has 0 aromatic heterocycles. The molecule has 2 aromatic carbocycles. The van der Waals surface area contributed by atoms with Crippen molar-refractivity contribution in [1.82, 2.24) is 4.72 Å². The van der Waals surface area contributed by atoms with Crippen molar-refractivity contribution in [2.24, 2.45) is 0 Å². The standard InChI is InChI=1S/C17H17NO3S/c1-22(20,21)18-13-7-11-14-8-5-6-12-16(14)17(19)15-9-3-2-4-10-15/h2-12,18H,13H2,1H3. The van der Waals surface area contributed by atoms with Gasteiger partial charge in [-0.2, -0.15) is 0 Å². The van der Waals surface area contributed by atoms with Gasteiger partial charge in [0.1, 0.15) is 0 Å². The molecule has 0 unspecified atom stereocenters. The van der Waals surface area contributed by atoms with Crippen LogP contribution >= 0.6 is 0 Å². The summed E-state index contributed by atoms with van der Waals surface area (Å²) in [6.07, 6.45) is 4.53. The maximum atomic E-state index is 12.5. The molecule has 0 aliphatic carbocycles. The lowest BCUT2D eigenvalue weighted by molar-refractivity contribution is 0.103. The third-order valence-electron chi connectivity index (χ3n) is 3.00. The van der Waals surface area contributed by atoms with Crippen molar-refractivity contribution in [1.29, 1.82) is 0 Å². The SMILES string of the molecule is CS(=O)(=O)NCC=Cc1ccccc1C(=O)c1ccccc1. The number of ketones is 1. The fourth-order valence-electron chi connectivity index (χ4n) is 1.98. The summed E-state index contributed by atoms with van der Waals surface area (Å²) >= 11 is 0. The Morgan fingerprint density at radius 1 is 1.05 bits per heavy atom. The molecule has 2 rings (SSSR count). The van der Waals surface area contributed by atoms with Gasteiger partial charge < -0.3 is 0 Å². The van der Waals surface area contributed by atoms with E-state index in [4.69, 9.17) is 0 Å². The number of rotatable bonds is 6. The molecule has 2 aromatic rings. The average Bonchev–Trinajstić information content (AvgIpc) is 2.51. The monoisotopic (exact) mass is 315 g/mol. The number of carbonyl (C=O) groups is 1. The highest BCUT2D eigenvalue weighted by Crippen LogP contribution is 2.16. The Labute approximate surface area is 130 Å². The summed E-state index contributed by atoms with van der Waals surface area (Å²) in [6.45, 7) is 0.187. The molecule has 0 saturated heterocycles. The molecule has 0 heterocycles. The Bertz CT molecular complexity index is 781. The smallest absolute Gasteiger partial charge is 0.208 e. The average molecular weight is 315 g/mol. The van der Waals surface area contributed by atoms with Crippen LogP contribution < -0.4 is 4.72 Å². The minimum Gasteiger partial charge on any atom is -0.289 e. The van der Waals surface area contributed by atoms with Crippen LogP contribution in [0.4, 0.5) is 0 Å². The lowest BCUT2D eigenvalue weighted by Gasteiger charge is -2.05. The summed E-state index contributed by atoms with van der Waals surface area (Å²) in [6, 6.07) is 16.3. The molecule has 22 heavy (non-hydrogen) atoms. The van der Waals surface area contributed by atoms with Gasteiger partial charge in [0.05, 0.1) is 6.26 Å². The van der Waals surface area contributed by atoms with Crippen molar-refractivity contribution in [3.05, 3.63) is 77.4 Å². The summed E-state index contributed by atoms with van der Waals surface area (Å²) in [5, 5.41) is 0. The van der Waals surface area contributed by atoms with Crippen LogP contribution in [0.15, 0.2) is 60.7 Å². The molecule has 0 bridgehead atoms. The second kappa shape index (κ2) is 7.15. The molecule has 0 saturated carbocycles. The molecule has 5 heteroatoms. The zero-order valence-corrected chi connectivity index (χ0v) is 13.0. The molecule has 0 aliphatic heterocycles. The number of carbonyl (C=O) groups excluding carboxylic acids is 1. The van der Waals surface area contributed by atoms with Gasteiger partial charge in [-0.1, -0.05) is 66.7 Å². The van der Waals surface area contributed by atoms with Gasteiger partial charge in [-0.25, -0.2) is 13.1 Å². The van der Waals surface area contributed by atoms with E-state index in [9.17, 15) is 13.2 Å². The third-order valence-corrected chi connectivity index (χ3v) is 3.69. The summed E-state index contributed by atoms with van der Waals surface area (Å²) in [5.74, 6) is -0.0584. The van der Waals surface area contributed by atoms with Gasteiger partial charge in [0, 0.05) is 17.7 Å². The Balaban J connectivity index is 2.20. The van der Waals surface area contributed by atoms with E-state index in [2.05, 4.69) is 4.72 Å². The fourth-order valence-corrected chi connectivity index (χ4v) is 2.38. The van der Waals surface area contributed by atoms with Crippen LogP contribution in [0.1, 0.15) is 21.5 Å². The molecule has 0 radical (unpaired) electrons. The number of sulfonamides is 1. The van der Waals surface area contributed by atoms with E-state index >= 15 is 0 Å². The molecule has 4 nitrogen and oxygen atoms in total. The van der Waals surface area contributed by atoms with Gasteiger partial charge in [-0.05, 0) is 5.56 Å². The molecular weight excluding hydrogens is 298 g/mol. The van der Waals surface area contributed by atoms with Crippen molar-refractivity contribution in [3.8, 4) is 0 Å². The predicted molar refractivity (Wildman–Crippen MR) is 88.2 cm³/mol. The molecule has 0 atom stereocenters. The third kappa shape index (κ3) is 4.65. The van der Waals surface area contributed by atoms with Crippen molar-refractivity contribution in [2.45, 2.75) is 0 Å². The normalized spacial score (nSPS) is 11.7. The molecule has 114 valence electrons. The number of hydrogen-bond acceptors (Lipinski definition) is 3. The number of benzene rings is 2. The lowest BCUT2D eigenvalue weighted by atomic mass is 9.98. The number of hydrogen-bond donors (Lipinski definition) is 1. The van der Waals surface area contributed by atoms with E-state index in [-0.39, 0.29) is 12.3 Å². The van der Waals surface area contributed by atoms with E-state index in [1.54, 1.807) is 30.4 Å². The summed E-state index contributed by atoms with van der Waals surface area (Å²) < 4.78 is 24.4. The topological polar surface area (TPSA) is 63.2 Å². The van der Waals surface area contributed by atoms with Crippen LogP contribution in [0, 0.1) is 0 Å². The van der Waals surface area contributed by atoms with Crippen LogP contribution in [-0.4, -0.2) is 27.0 Å². The Kier molecular flexibility index (Phi) is 5.25. The second-order valence-corrected chi connectivity index (χ2v) is 6.64. The second-order valence-electron chi connectivity index (χ2n) is 4.81. The van der Waals surface area contributed by atoms with Gasteiger partial charge in [-0.15, -0.1) is 0 Å². The molecule has 0 fully saturated rings. The molecule has 1 N–H and O–H groups in total. The minimum absolute atomic E-state index is 0.0584. The highest BCUT2D eigenvalue weighted by molar-refractivity contribution is 7.88. The largest absolute Gasteiger partial charge is 0.289 e. The van der Waals surface area contributed by atoms with E-state index in [0.717, 1.165) is 11.8 Å². The van der Waals surface area contributed by atoms with Crippen LogP contribution in [0.5, 0.6) is 0 Å². The number of nitrogens with one attached hydrogen (secondary N) is 1. The van der Waals surface area contributed by atoms with E-state index in [1.807, 2.05) is 36.4 Å². The van der Waals surface area contributed by atoms with Gasteiger partial charge in [0.2, 0.25) is 10.0 Å². The Morgan fingerprint density at radius 3 is 2.36 bits per heavy atom. The molecule has 0 aliphatic rings. The fraction of sp³-hybridized carbons (Fsp3) is 0.118. The minimum atomic E-state index is -3.22. The zero-order valence-electron chi connectivity index (χ0n) is 12.2. The van der Waals surface area contributed by atoms with Gasteiger partial charge >= 0.3 is 0 Å². The Morgan fingerprint density at radius 2 is 1.68 bits per heavy atom. The predicted octanol–water partition coefficient (Wildman–Crippen LogP) is 2.48. The van der Waals surface area contributed by atoms with Crippen molar-refractivity contribution in [2.75, 3.05) is 12.8 Å². The zero-order chi connectivity index (χ0) is 16.0. The summed E-state index contributed by atoms with van der Waals surface area (Å²) in [5.41, 5.74) is 1.97.